The summed E-state index contributed by atoms with van der Waals surface area (Å²) in [4.78, 5) is 11.3. The number of nitrogens with two attached hydrogens (primary N) is 1. The van der Waals surface area contributed by atoms with Crippen LogP contribution in [0.3, 0.4) is 0 Å². The van der Waals surface area contributed by atoms with Crippen molar-refractivity contribution in [1.29, 1.82) is 0 Å². The van der Waals surface area contributed by atoms with Crippen LogP contribution in [0.15, 0.2) is 24.3 Å². The molecule has 0 bridgehead atoms. The molecule has 0 aliphatic carbocycles. The van der Waals surface area contributed by atoms with E-state index in [0.29, 0.717) is 11.4 Å². The molecule has 1 rings (SSSR count). The van der Waals surface area contributed by atoms with E-state index in [0.717, 1.165) is 6.26 Å². The number of esters is 1. The molecule has 106 valence electrons. The van der Waals surface area contributed by atoms with Crippen LogP contribution in [0.2, 0.25) is 0 Å². The van der Waals surface area contributed by atoms with Gasteiger partial charge in [-0.3, -0.25) is 4.79 Å². The highest BCUT2D eigenvalue weighted by atomic mass is 32.2. The molecule has 0 unspecified atom stereocenters. The van der Waals surface area contributed by atoms with Gasteiger partial charge in [0, 0.05) is 18.0 Å². The summed E-state index contributed by atoms with van der Waals surface area (Å²) in [6.45, 7) is 0.0249. The highest BCUT2D eigenvalue weighted by Crippen LogP contribution is 2.14. The Kier molecular flexibility index (Phi) is 5.62. The van der Waals surface area contributed by atoms with Crippen molar-refractivity contribution in [2.75, 3.05) is 31.0 Å². The zero-order valence-electron chi connectivity index (χ0n) is 10.7. The zero-order chi connectivity index (χ0) is 14.3. The van der Waals surface area contributed by atoms with Gasteiger partial charge in [0.2, 0.25) is 0 Å². The Balaban J connectivity index is 2.20. The van der Waals surface area contributed by atoms with Gasteiger partial charge in [-0.15, -0.1) is 0 Å². The number of rotatable bonds is 7. The van der Waals surface area contributed by atoms with Crippen LogP contribution in [0, 0.1) is 0 Å². The number of hydrogen-bond donors (Lipinski definition) is 1. The lowest BCUT2D eigenvalue weighted by atomic mass is 10.3. The summed E-state index contributed by atoms with van der Waals surface area (Å²) < 4.78 is 31.7. The summed E-state index contributed by atoms with van der Waals surface area (Å²) in [6, 6.07) is 6.85. The molecule has 0 spiro atoms. The highest BCUT2D eigenvalue weighted by Gasteiger charge is 2.07. The van der Waals surface area contributed by atoms with Crippen molar-refractivity contribution in [1.82, 2.24) is 0 Å². The van der Waals surface area contributed by atoms with Gasteiger partial charge < -0.3 is 15.2 Å². The van der Waals surface area contributed by atoms with E-state index in [-0.39, 0.29) is 25.4 Å². The third-order valence-electron chi connectivity index (χ3n) is 2.15. The van der Waals surface area contributed by atoms with Crippen molar-refractivity contribution < 1.29 is 22.7 Å². The number of carbonyl (C=O) groups excluding carboxylic acids is 1. The third kappa shape index (κ3) is 7.30. The Morgan fingerprint density at radius 1 is 1.32 bits per heavy atom. The first kappa shape index (κ1) is 15.3. The quantitative estimate of drug-likeness (QED) is 0.583. The molecule has 0 radical (unpaired) electrons. The summed E-state index contributed by atoms with van der Waals surface area (Å²) in [6.07, 6.45) is 1.14. The molecule has 0 heterocycles. The van der Waals surface area contributed by atoms with Crippen molar-refractivity contribution in [2.24, 2.45) is 0 Å². The maximum atomic E-state index is 11.3. The molecule has 1 aromatic carbocycles. The Morgan fingerprint density at radius 3 is 2.68 bits per heavy atom. The van der Waals surface area contributed by atoms with Crippen molar-refractivity contribution in [3.63, 3.8) is 0 Å². The molecule has 0 fully saturated rings. The lowest BCUT2D eigenvalue weighted by molar-refractivity contribution is -0.143. The van der Waals surface area contributed by atoms with E-state index in [1.54, 1.807) is 24.3 Å². The van der Waals surface area contributed by atoms with Crippen molar-refractivity contribution in [3.8, 4) is 5.75 Å². The van der Waals surface area contributed by atoms with Gasteiger partial charge in [-0.05, 0) is 12.1 Å². The fraction of sp³-hybridized carbons (Fsp3) is 0.417. The van der Waals surface area contributed by atoms with Gasteiger partial charge in [-0.1, -0.05) is 6.07 Å². The molecular weight excluding hydrogens is 270 g/mol. The molecule has 0 aliphatic rings. The Labute approximate surface area is 112 Å². The molecule has 19 heavy (non-hydrogen) atoms. The minimum absolute atomic E-state index is 0.0541. The molecule has 1 aromatic rings. The number of nitrogen functional groups attached to an aromatic ring is 1. The Hall–Kier alpha value is -1.76. The number of ether oxygens (including phenoxy) is 2. The first-order chi connectivity index (χ1) is 8.87. The van der Waals surface area contributed by atoms with Gasteiger partial charge in [0.05, 0.1) is 18.8 Å². The third-order valence-corrected chi connectivity index (χ3v) is 3.06. The largest absolute Gasteiger partial charge is 0.493 e. The maximum absolute atomic E-state index is 11.3. The second kappa shape index (κ2) is 6.98. The minimum atomic E-state index is -3.11. The van der Waals surface area contributed by atoms with Crippen LogP contribution >= 0.6 is 0 Å². The van der Waals surface area contributed by atoms with E-state index < -0.39 is 15.8 Å². The molecule has 0 aromatic heterocycles. The average Bonchev–Trinajstić information content (AvgIpc) is 2.27. The molecule has 0 aliphatic heterocycles. The summed E-state index contributed by atoms with van der Waals surface area (Å²) >= 11 is 0. The van der Waals surface area contributed by atoms with Gasteiger partial charge in [-0.25, -0.2) is 8.42 Å². The highest BCUT2D eigenvalue weighted by molar-refractivity contribution is 7.90. The molecule has 0 atom stereocenters. The van der Waals surface area contributed by atoms with Crippen LogP contribution in [0.5, 0.6) is 5.75 Å². The first-order valence-corrected chi connectivity index (χ1v) is 7.74. The molecule has 0 amide bonds. The lowest BCUT2D eigenvalue weighted by Crippen LogP contribution is -2.16. The van der Waals surface area contributed by atoms with E-state index in [1.165, 1.54) is 0 Å². The average molecular weight is 287 g/mol. The lowest BCUT2D eigenvalue weighted by Gasteiger charge is -2.07. The summed E-state index contributed by atoms with van der Waals surface area (Å²) in [5.74, 6) is -0.0917. The summed E-state index contributed by atoms with van der Waals surface area (Å²) in [5.41, 5.74) is 6.15. The zero-order valence-corrected chi connectivity index (χ0v) is 11.5. The Morgan fingerprint density at radius 2 is 2.05 bits per heavy atom. The molecule has 0 saturated carbocycles. The minimum Gasteiger partial charge on any atom is -0.493 e. The van der Waals surface area contributed by atoms with Gasteiger partial charge in [0.1, 0.15) is 12.4 Å². The summed E-state index contributed by atoms with van der Waals surface area (Å²) in [7, 11) is -3.11. The standard InChI is InChI=1S/C12H17NO5S/c1-19(15,16)8-7-18-12(14)5-6-17-11-4-2-3-10(13)9-11/h2-4,9H,5-8,13H2,1H3. The number of sulfone groups is 1. The van der Waals surface area contributed by atoms with Gasteiger partial charge in [0.15, 0.2) is 9.84 Å². The number of benzene rings is 1. The first-order valence-electron chi connectivity index (χ1n) is 5.68. The van der Waals surface area contributed by atoms with Crippen molar-refractivity contribution in [3.05, 3.63) is 24.3 Å². The van der Waals surface area contributed by atoms with Crippen LogP contribution in [-0.2, 0) is 19.4 Å². The van der Waals surface area contributed by atoms with Crippen LogP contribution in [0.4, 0.5) is 5.69 Å². The number of hydrogen-bond acceptors (Lipinski definition) is 6. The second-order valence-corrected chi connectivity index (χ2v) is 6.28. The number of carbonyl (C=O) groups is 1. The van der Waals surface area contributed by atoms with Crippen molar-refractivity contribution in [2.45, 2.75) is 6.42 Å². The van der Waals surface area contributed by atoms with E-state index in [1.807, 2.05) is 0 Å². The van der Waals surface area contributed by atoms with Crippen molar-refractivity contribution >= 4 is 21.5 Å². The van der Waals surface area contributed by atoms with Gasteiger partial charge >= 0.3 is 5.97 Å². The summed E-state index contributed by atoms with van der Waals surface area (Å²) in [5, 5.41) is 0. The maximum Gasteiger partial charge on any atom is 0.309 e. The smallest absolute Gasteiger partial charge is 0.309 e. The van der Waals surface area contributed by atoms with Crippen LogP contribution < -0.4 is 10.5 Å². The molecule has 0 saturated heterocycles. The van der Waals surface area contributed by atoms with Crippen LogP contribution in [-0.4, -0.2) is 39.6 Å². The topological polar surface area (TPSA) is 95.7 Å². The SMILES string of the molecule is CS(=O)(=O)CCOC(=O)CCOc1cccc(N)c1. The second-order valence-electron chi connectivity index (χ2n) is 4.02. The van der Waals surface area contributed by atoms with Gasteiger partial charge in [0.25, 0.3) is 0 Å². The fourth-order valence-electron chi connectivity index (χ4n) is 1.24. The van der Waals surface area contributed by atoms with E-state index >= 15 is 0 Å². The molecular formula is C12H17NO5S. The van der Waals surface area contributed by atoms with Gasteiger partial charge in [-0.2, -0.15) is 0 Å². The number of anilines is 1. The normalized spacial score (nSPS) is 11.0. The van der Waals surface area contributed by atoms with Crippen LogP contribution in [0.25, 0.3) is 0 Å². The predicted molar refractivity (Wildman–Crippen MR) is 71.6 cm³/mol. The Bertz CT molecular complexity index is 527. The van der Waals surface area contributed by atoms with E-state index in [2.05, 4.69) is 0 Å². The monoisotopic (exact) mass is 287 g/mol. The predicted octanol–water partition coefficient (Wildman–Crippen LogP) is 0.625. The molecule has 7 heteroatoms. The molecule has 6 nitrogen and oxygen atoms in total. The fourth-order valence-corrected chi connectivity index (χ4v) is 1.62. The van der Waals surface area contributed by atoms with E-state index in [4.69, 9.17) is 15.2 Å². The molecule has 2 N–H and O–H groups in total. The van der Waals surface area contributed by atoms with E-state index in [9.17, 15) is 13.2 Å². The van der Waals surface area contributed by atoms with Crippen LogP contribution in [0.1, 0.15) is 6.42 Å².